The van der Waals surface area contributed by atoms with Crippen LogP contribution in [0, 0.1) is 0 Å². The molecule has 0 aromatic rings. The van der Waals surface area contributed by atoms with E-state index in [1.165, 1.54) is 0 Å². The van der Waals surface area contributed by atoms with Gasteiger partial charge >= 0.3 is 6.09 Å². The van der Waals surface area contributed by atoms with Crippen LogP contribution in [0.25, 0.3) is 0 Å². The summed E-state index contributed by atoms with van der Waals surface area (Å²) in [5, 5.41) is 0. The highest BCUT2D eigenvalue weighted by Crippen LogP contribution is 2.10. The third kappa shape index (κ3) is 3.83. The summed E-state index contributed by atoms with van der Waals surface area (Å²) in [6.07, 6.45) is 0.787. The zero-order chi connectivity index (χ0) is 8.91. The number of hydrogen-bond acceptors (Lipinski definition) is 3. The molecule has 0 saturated carbocycles. The fourth-order valence-electron chi connectivity index (χ4n) is 0.669. The summed E-state index contributed by atoms with van der Waals surface area (Å²) < 4.78 is 4.60. The van der Waals surface area contributed by atoms with E-state index < -0.39 is 11.6 Å². The van der Waals surface area contributed by atoms with Gasteiger partial charge in [-0.05, 0) is 12.8 Å². The topological polar surface area (TPSA) is 78.3 Å². The molecule has 0 aromatic carbocycles. The second-order valence-electron chi connectivity index (χ2n) is 2.68. The van der Waals surface area contributed by atoms with Gasteiger partial charge in [-0.15, -0.1) is 0 Å². The summed E-state index contributed by atoms with van der Waals surface area (Å²) in [6, 6.07) is 0. The number of carbonyl (C=O) groups is 1. The molecule has 0 rings (SSSR count). The number of ether oxygens (including phenoxy) is 1. The number of nitrogens with two attached hydrogens (primary N) is 2. The van der Waals surface area contributed by atoms with Crippen molar-refractivity contribution in [2.24, 2.45) is 11.5 Å². The molecule has 4 nitrogen and oxygen atoms in total. The summed E-state index contributed by atoms with van der Waals surface area (Å²) in [5.74, 6) is 0. The minimum atomic E-state index is -0.762. The van der Waals surface area contributed by atoms with E-state index in [1.54, 1.807) is 0 Å². The molecule has 0 fully saturated rings. The first-order chi connectivity index (χ1) is 5.04. The summed E-state index contributed by atoms with van der Waals surface area (Å²) in [4.78, 5) is 10.2. The quantitative estimate of drug-likeness (QED) is 0.632. The molecular weight excluding hydrogens is 144 g/mol. The van der Waals surface area contributed by atoms with Gasteiger partial charge in [0.05, 0.1) is 0 Å². The van der Waals surface area contributed by atoms with Crippen molar-refractivity contribution in [3.05, 3.63) is 0 Å². The van der Waals surface area contributed by atoms with Crippen molar-refractivity contribution in [3.8, 4) is 0 Å². The average Bonchev–Trinajstić information content (AvgIpc) is 2.00. The normalized spacial score (nSPS) is 11.2. The van der Waals surface area contributed by atoms with Gasteiger partial charge < -0.3 is 16.2 Å². The van der Waals surface area contributed by atoms with E-state index in [9.17, 15) is 4.79 Å². The fraction of sp³-hybridized carbons (Fsp3) is 0.857. The zero-order valence-electron chi connectivity index (χ0n) is 7.09. The van der Waals surface area contributed by atoms with Crippen LogP contribution in [-0.2, 0) is 4.74 Å². The van der Waals surface area contributed by atoms with Crippen LogP contribution < -0.4 is 11.5 Å². The van der Waals surface area contributed by atoms with Gasteiger partial charge in [0, 0.05) is 5.54 Å². The Labute approximate surface area is 66.9 Å². The molecule has 0 saturated heterocycles. The fourth-order valence-corrected chi connectivity index (χ4v) is 0.669. The minimum absolute atomic E-state index is 0.204. The Bertz CT molecular complexity index is 132. The molecule has 0 unspecified atom stereocenters. The van der Waals surface area contributed by atoms with Crippen molar-refractivity contribution in [1.29, 1.82) is 0 Å². The molecular formula is C7H16N2O2. The van der Waals surface area contributed by atoms with Crippen molar-refractivity contribution in [2.45, 2.75) is 32.2 Å². The molecule has 0 aliphatic carbocycles. The van der Waals surface area contributed by atoms with Crippen molar-refractivity contribution in [1.82, 2.24) is 0 Å². The molecule has 0 spiro atoms. The van der Waals surface area contributed by atoms with Crippen LogP contribution in [0.3, 0.4) is 0 Å². The zero-order valence-corrected chi connectivity index (χ0v) is 7.09. The molecule has 0 radical (unpaired) electrons. The molecule has 1 amide bonds. The molecule has 0 bridgehead atoms. The molecule has 0 aliphatic rings. The number of hydrogen-bond donors (Lipinski definition) is 2. The lowest BCUT2D eigenvalue weighted by atomic mass is 9.96. The molecule has 0 atom stereocenters. The maximum absolute atomic E-state index is 10.2. The minimum Gasteiger partial charge on any atom is -0.448 e. The largest absolute Gasteiger partial charge is 0.448 e. The maximum atomic E-state index is 10.2. The number of carbonyl (C=O) groups excluding carboxylic acids is 1. The molecule has 4 heteroatoms. The molecule has 0 heterocycles. The lowest BCUT2D eigenvalue weighted by Gasteiger charge is -2.25. The van der Waals surface area contributed by atoms with Crippen molar-refractivity contribution in [3.63, 3.8) is 0 Å². The van der Waals surface area contributed by atoms with E-state index in [-0.39, 0.29) is 6.61 Å². The van der Waals surface area contributed by atoms with Crippen LogP contribution in [0.2, 0.25) is 0 Å². The SMILES string of the molecule is CCC(N)(CC)COC(N)=O. The van der Waals surface area contributed by atoms with Gasteiger partial charge in [0.15, 0.2) is 0 Å². The van der Waals surface area contributed by atoms with Gasteiger partial charge in [0.25, 0.3) is 0 Å². The molecule has 4 N–H and O–H groups in total. The molecule has 0 aromatic heterocycles. The predicted molar refractivity (Wildman–Crippen MR) is 43.0 cm³/mol. The van der Waals surface area contributed by atoms with E-state index >= 15 is 0 Å². The number of rotatable bonds is 4. The monoisotopic (exact) mass is 160 g/mol. The van der Waals surface area contributed by atoms with Crippen molar-refractivity contribution < 1.29 is 9.53 Å². The van der Waals surface area contributed by atoms with E-state index in [0.29, 0.717) is 0 Å². The molecule has 11 heavy (non-hydrogen) atoms. The number of primary amides is 1. The number of amides is 1. The first-order valence-electron chi connectivity index (χ1n) is 3.75. The van der Waals surface area contributed by atoms with Gasteiger partial charge in [0.1, 0.15) is 6.61 Å². The van der Waals surface area contributed by atoms with Crippen LogP contribution in [0.4, 0.5) is 4.79 Å². The smallest absolute Gasteiger partial charge is 0.404 e. The third-order valence-corrected chi connectivity index (χ3v) is 1.91. The van der Waals surface area contributed by atoms with Crippen molar-refractivity contribution in [2.75, 3.05) is 6.61 Å². The third-order valence-electron chi connectivity index (χ3n) is 1.91. The van der Waals surface area contributed by atoms with Gasteiger partial charge in [-0.3, -0.25) is 0 Å². The van der Waals surface area contributed by atoms with Crippen LogP contribution in [0.15, 0.2) is 0 Å². The van der Waals surface area contributed by atoms with Gasteiger partial charge in [0.2, 0.25) is 0 Å². The van der Waals surface area contributed by atoms with Gasteiger partial charge in [-0.2, -0.15) is 0 Å². The summed E-state index contributed by atoms with van der Waals surface area (Å²) >= 11 is 0. The lowest BCUT2D eigenvalue weighted by molar-refractivity contribution is 0.121. The van der Waals surface area contributed by atoms with Crippen molar-refractivity contribution >= 4 is 6.09 Å². The Morgan fingerprint density at radius 1 is 1.45 bits per heavy atom. The second kappa shape index (κ2) is 4.18. The summed E-state index contributed by atoms with van der Waals surface area (Å²) in [5.41, 5.74) is 10.2. The summed E-state index contributed by atoms with van der Waals surface area (Å²) in [7, 11) is 0. The van der Waals surface area contributed by atoms with Crippen LogP contribution >= 0.6 is 0 Å². The maximum Gasteiger partial charge on any atom is 0.404 e. The second-order valence-corrected chi connectivity index (χ2v) is 2.68. The highest BCUT2D eigenvalue weighted by Gasteiger charge is 2.21. The summed E-state index contributed by atoms with van der Waals surface area (Å²) in [6.45, 7) is 4.11. The Morgan fingerprint density at radius 2 is 1.91 bits per heavy atom. The Hall–Kier alpha value is -0.770. The van der Waals surface area contributed by atoms with Gasteiger partial charge in [-0.1, -0.05) is 13.8 Å². The molecule has 0 aliphatic heterocycles. The standard InChI is InChI=1S/C7H16N2O2/c1-3-7(9,4-2)5-11-6(8)10/h3-5,9H2,1-2H3,(H2,8,10). The van der Waals surface area contributed by atoms with E-state index in [1.807, 2.05) is 13.8 Å². The molecule has 66 valence electrons. The highest BCUT2D eigenvalue weighted by molar-refractivity contribution is 5.64. The Morgan fingerprint density at radius 3 is 2.18 bits per heavy atom. The van der Waals surface area contributed by atoms with E-state index in [0.717, 1.165) is 12.8 Å². The Balaban J connectivity index is 3.78. The highest BCUT2D eigenvalue weighted by atomic mass is 16.5. The van der Waals surface area contributed by atoms with E-state index in [2.05, 4.69) is 4.74 Å². The lowest BCUT2D eigenvalue weighted by Crippen LogP contribution is -2.44. The van der Waals surface area contributed by atoms with Gasteiger partial charge in [-0.25, -0.2) is 4.79 Å². The Kier molecular flexibility index (Phi) is 3.89. The van der Waals surface area contributed by atoms with E-state index in [4.69, 9.17) is 11.5 Å². The van der Waals surface area contributed by atoms with Crippen LogP contribution in [0.1, 0.15) is 26.7 Å². The first-order valence-corrected chi connectivity index (χ1v) is 3.75. The first kappa shape index (κ1) is 10.2. The van der Waals surface area contributed by atoms with Crippen LogP contribution in [-0.4, -0.2) is 18.2 Å². The van der Waals surface area contributed by atoms with Crippen LogP contribution in [0.5, 0.6) is 0 Å². The predicted octanol–water partition coefficient (Wildman–Crippen LogP) is 0.599. The average molecular weight is 160 g/mol.